The zero-order chi connectivity index (χ0) is 16.8. The second-order valence-electron chi connectivity index (χ2n) is 5.94. The number of rotatable bonds is 5. The first-order valence-corrected chi connectivity index (χ1v) is 8.65. The minimum absolute atomic E-state index is 0.802. The number of hydrogen-bond donors (Lipinski definition) is 0. The van der Waals surface area contributed by atoms with Crippen molar-refractivity contribution in [1.29, 1.82) is 0 Å². The maximum absolute atomic E-state index is 6.44. The number of ether oxygens (including phenoxy) is 1. The molecule has 4 heteroatoms. The lowest BCUT2D eigenvalue weighted by atomic mass is 10.2. The fourth-order valence-corrected chi connectivity index (χ4v) is 3.32. The molecule has 0 spiro atoms. The van der Waals surface area contributed by atoms with Gasteiger partial charge in [-0.15, -0.1) is 0 Å². The normalized spacial score (nSPS) is 16.2. The number of halogens is 1. The fourth-order valence-electron chi connectivity index (χ4n) is 3.03. The summed E-state index contributed by atoms with van der Waals surface area (Å²) in [5.74, 6) is 0.938. The van der Waals surface area contributed by atoms with Crippen LogP contribution in [-0.2, 0) is 0 Å². The molecule has 1 aliphatic rings. The van der Waals surface area contributed by atoms with Crippen molar-refractivity contribution in [2.24, 2.45) is 0 Å². The van der Waals surface area contributed by atoms with E-state index in [2.05, 4.69) is 34.1 Å². The lowest BCUT2D eigenvalue weighted by Crippen LogP contribution is -2.46. The lowest BCUT2D eigenvalue weighted by Gasteiger charge is -2.36. The minimum Gasteiger partial charge on any atom is -0.495 e. The highest BCUT2D eigenvalue weighted by Gasteiger charge is 2.19. The summed E-state index contributed by atoms with van der Waals surface area (Å²) in [7, 11) is 1.73. The van der Waals surface area contributed by atoms with Gasteiger partial charge in [0.05, 0.1) is 12.8 Å². The van der Waals surface area contributed by atoms with Crippen molar-refractivity contribution in [3.8, 4) is 5.75 Å². The van der Waals surface area contributed by atoms with Gasteiger partial charge in [0, 0.05) is 37.8 Å². The van der Waals surface area contributed by atoms with Crippen molar-refractivity contribution < 1.29 is 4.74 Å². The summed E-state index contributed by atoms with van der Waals surface area (Å²) in [6.07, 6.45) is 2.05. The second kappa shape index (κ2) is 8.22. The van der Waals surface area contributed by atoms with Crippen LogP contribution >= 0.6 is 11.6 Å². The molecule has 24 heavy (non-hydrogen) atoms. The molecule has 1 fully saturated rings. The summed E-state index contributed by atoms with van der Waals surface area (Å²) in [5.41, 5.74) is 2.32. The van der Waals surface area contributed by atoms with Gasteiger partial charge in [-0.3, -0.25) is 4.90 Å². The van der Waals surface area contributed by atoms with Crippen LogP contribution < -0.4 is 9.64 Å². The SMILES string of the molecule is COc1ccccc1N1CCN(CC(Cl)=Cc2ccccc2)CC1. The summed E-state index contributed by atoms with van der Waals surface area (Å²) in [6, 6.07) is 18.4. The van der Waals surface area contributed by atoms with Gasteiger partial charge in [-0.25, -0.2) is 0 Å². The molecule has 0 bridgehead atoms. The van der Waals surface area contributed by atoms with Gasteiger partial charge in [-0.1, -0.05) is 54.1 Å². The zero-order valence-corrected chi connectivity index (χ0v) is 14.7. The van der Waals surface area contributed by atoms with Crippen molar-refractivity contribution >= 4 is 23.4 Å². The van der Waals surface area contributed by atoms with Gasteiger partial charge < -0.3 is 9.64 Å². The van der Waals surface area contributed by atoms with Gasteiger partial charge in [0.2, 0.25) is 0 Å². The Kier molecular flexibility index (Phi) is 5.78. The summed E-state index contributed by atoms with van der Waals surface area (Å²) in [4.78, 5) is 4.78. The molecule has 2 aromatic carbocycles. The van der Waals surface area contributed by atoms with Crippen molar-refractivity contribution in [3.05, 3.63) is 65.2 Å². The van der Waals surface area contributed by atoms with Crippen LogP contribution in [0, 0.1) is 0 Å². The largest absolute Gasteiger partial charge is 0.495 e. The number of nitrogens with zero attached hydrogens (tertiary/aromatic N) is 2. The molecule has 126 valence electrons. The van der Waals surface area contributed by atoms with Crippen LogP contribution in [0.25, 0.3) is 6.08 Å². The monoisotopic (exact) mass is 342 g/mol. The molecular weight excluding hydrogens is 320 g/mol. The summed E-state index contributed by atoms with van der Waals surface area (Å²) < 4.78 is 5.47. The summed E-state index contributed by atoms with van der Waals surface area (Å²) in [6.45, 7) is 4.76. The van der Waals surface area contributed by atoms with Crippen molar-refractivity contribution in [3.63, 3.8) is 0 Å². The Morgan fingerprint density at radius 2 is 1.67 bits per heavy atom. The molecule has 3 rings (SSSR count). The van der Waals surface area contributed by atoms with Gasteiger partial charge in [0.25, 0.3) is 0 Å². The molecule has 1 aliphatic heterocycles. The molecule has 0 aliphatic carbocycles. The Labute approximate surface area is 149 Å². The zero-order valence-electron chi connectivity index (χ0n) is 14.0. The Balaban J connectivity index is 1.56. The van der Waals surface area contributed by atoms with E-state index >= 15 is 0 Å². The van der Waals surface area contributed by atoms with Crippen LogP contribution in [-0.4, -0.2) is 44.7 Å². The molecule has 0 atom stereocenters. The Morgan fingerprint density at radius 1 is 1.00 bits per heavy atom. The van der Waals surface area contributed by atoms with Gasteiger partial charge in [-0.2, -0.15) is 0 Å². The first kappa shape index (κ1) is 16.9. The molecule has 3 nitrogen and oxygen atoms in total. The van der Waals surface area contributed by atoms with E-state index in [1.807, 2.05) is 36.4 Å². The van der Waals surface area contributed by atoms with E-state index in [-0.39, 0.29) is 0 Å². The number of anilines is 1. The summed E-state index contributed by atoms with van der Waals surface area (Å²) >= 11 is 6.44. The first-order valence-electron chi connectivity index (χ1n) is 8.28. The molecular formula is C20H23ClN2O. The van der Waals surface area contributed by atoms with Crippen LogP contribution in [0.15, 0.2) is 59.6 Å². The average Bonchev–Trinajstić information content (AvgIpc) is 2.63. The highest BCUT2D eigenvalue weighted by atomic mass is 35.5. The van der Waals surface area contributed by atoms with Crippen LogP contribution in [0.1, 0.15) is 5.56 Å². The van der Waals surface area contributed by atoms with Crippen molar-refractivity contribution in [1.82, 2.24) is 4.90 Å². The lowest BCUT2D eigenvalue weighted by molar-refractivity contribution is 0.281. The molecule has 1 heterocycles. The number of hydrogen-bond acceptors (Lipinski definition) is 3. The number of methoxy groups -OCH3 is 1. The number of benzene rings is 2. The van der Waals surface area contributed by atoms with Gasteiger partial charge >= 0.3 is 0 Å². The van der Waals surface area contributed by atoms with Gasteiger partial charge in [0.15, 0.2) is 0 Å². The third-order valence-corrected chi connectivity index (χ3v) is 4.52. The average molecular weight is 343 g/mol. The standard InChI is InChI=1S/C20H23ClN2O/c1-24-20-10-6-5-9-19(20)23-13-11-22(12-14-23)16-18(21)15-17-7-3-2-4-8-17/h2-10,15H,11-14,16H2,1H3. The molecule has 0 unspecified atom stereocenters. The van der Waals surface area contributed by atoms with Crippen molar-refractivity contribution in [2.75, 3.05) is 44.7 Å². The maximum atomic E-state index is 6.44. The molecule has 0 amide bonds. The van der Waals surface area contributed by atoms with E-state index in [4.69, 9.17) is 16.3 Å². The molecule has 0 saturated carbocycles. The predicted octanol–water partition coefficient (Wildman–Crippen LogP) is 4.10. The third kappa shape index (κ3) is 4.31. The topological polar surface area (TPSA) is 15.7 Å². The molecule has 0 N–H and O–H groups in total. The Hall–Kier alpha value is -1.97. The Bertz CT molecular complexity index is 679. The van der Waals surface area contributed by atoms with E-state index in [0.29, 0.717) is 0 Å². The Morgan fingerprint density at radius 3 is 2.38 bits per heavy atom. The maximum Gasteiger partial charge on any atom is 0.142 e. The predicted molar refractivity (Wildman–Crippen MR) is 102 cm³/mol. The second-order valence-corrected chi connectivity index (χ2v) is 6.42. The fraction of sp³-hybridized carbons (Fsp3) is 0.300. The number of piperazine rings is 1. The van der Waals surface area contributed by atoms with Crippen LogP contribution in [0.4, 0.5) is 5.69 Å². The van der Waals surface area contributed by atoms with Gasteiger partial charge in [0.1, 0.15) is 5.75 Å². The minimum atomic E-state index is 0.802. The van der Waals surface area contributed by atoms with E-state index in [0.717, 1.165) is 49.1 Å². The number of para-hydroxylation sites is 2. The smallest absolute Gasteiger partial charge is 0.142 e. The van der Waals surface area contributed by atoms with E-state index < -0.39 is 0 Å². The highest BCUT2D eigenvalue weighted by molar-refractivity contribution is 6.31. The first-order chi connectivity index (χ1) is 11.8. The summed E-state index contributed by atoms with van der Waals surface area (Å²) in [5, 5.41) is 0.881. The quantitative estimate of drug-likeness (QED) is 0.813. The molecule has 0 radical (unpaired) electrons. The van der Waals surface area contributed by atoms with E-state index in [1.165, 1.54) is 5.69 Å². The van der Waals surface area contributed by atoms with Crippen LogP contribution in [0.5, 0.6) is 5.75 Å². The highest BCUT2D eigenvalue weighted by Crippen LogP contribution is 2.28. The molecule has 1 saturated heterocycles. The van der Waals surface area contributed by atoms with E-state index in [9.17, 15) is 0 Å². The molecule has 0 aromatic heterocycles. The van der Waals surface area contributed by atoms with Crippen LogP contribution in [0.3, 0.4) is 0 Å². The van der Waals surface area contributed by atoms with Crippen molar-refractivity contribution in [2.45, 2.75) is 0 Å². The van der Waals surface area contributed by atoms with Crippen LogP contribution in [0.2, 0.25) is 0 Å². The van der Waals surface area contributed by atoms with Gasteiger partial charge in [-0.05, 0) is 23.8 Å². The molecule has 2 aromatic rings. The third-order valence-electron chi connectivity index (χ3n) is 4.30. The van der Waals surface area contributed by atoms with E-state index in [1.54, 1.807) is 7.11 Å².